The topological polar surface area (TPSA) is 18.1 Å². The summed E-state index contributed by atoms with van der Waals surface area (Å²) in [4.78, 5) is 0. The molecule has 0 saturated heterocycles. The zero-order chi connectivity index (χ0) is 27.3. The predicted octanol–water partition coefficient (Wildman–Crippen LogP) is 10.7. The van der Waals surface area contributed by atoms with E-state index in [0.29, 0.717) is 0 Å². The molecule has 41 heavy (non-hydrogen) atoms. The first-order valence-electron chi connectivity index (χ1n) is 14.3. The van der Waals surface area contributed by atoms with Crippen molar-refractivity contribution in [1.82, 2.24) is 4.57 Å². The first-order valence-corrected chi connectivity index (χ1v) is 14.3. The van der Waals surface area contributed by atoms with Gasteiger partial charge in [0.2, 0.25) is 0 Å². The second kappa shape index (κ2) is 7.99. The standard InChI is InChI=1S/C39H27NO/c1-39(2)33-15-6-3-12-27(33)28-19-18-25(23-34(28)39)24-10-9-11-26(22-24)40-35-16-7-4-13-29(35)31-20-21-32-30-14-5-8-17-36(30)41-38(32)37(31)40/h3-23H,1-2H3. The quantitative estimate of drug-likeness (QED) is 0.219. The second-order valence-corrected chi connectivity index (χ2v) is 11.8. The maximum absolute atomic E-state index is 6.56. The molecule has 6 aromatic carbocycles. The summed E-state index contributed by atoms with van der Waals surface area (Å²) < 4.78 is 8.94. The number of hydrogen-bond donors (Lipinski definition) is 0. The Labute approximate surface area is 238 Å². The molecule has 0 amide bonds. The van der Waals surface area contributed by atoms with Gasteiger partial charge >= 0.3 is 0 Å². The molecule has 0 atom stereocenters. The van der Waals surface area contributed by atoms with Crippen LogP contribution in [0.2, 0.25) is 0 Å². The largest absolute Gasteiger partial charge is 0.454 e. The number of aromatic nitrogens is 1. The van der Waals surface area contributed by atoms with Crippen LogP contribution in [0.15, 0.2) is 132 Å². The van der Waals surface area contributed by atoms with Gasteiger partial charge < -0.3 is 8.98 Å². The Kier molecular flexibility index (Phi) is 4.42. The third-order valence-electron chi connectivity index (χ3n) is 9.20. The normalized spacial score (nSPS) is 13.8. The number of benzene rings is 6. The Morgan fingerprint density at radius 3 is 2.20 bits per heavy atom. The number of fused-ring (bicyclic) bond motifs is 10. The molecule has 2 heterocycles. The van der Waals surface area contributed by atoms with Gasteiger partial charge in [0.05, 0.1) is 11.0 Å². The number of rotatable bonds is 2. The van der Waals surface area contributed by atoms with Gasteiger partial charge in [-0.15, -0.1) is 0 Å². The van der Waals surface area contributed by atoms with Gasteiger partial charge in [-0.1, -0.05) is 105 Å². The number of furan rings is 1. The Morgan fingerprint density at radius 2 is 1.27 bits per heavy atom. The van der Waals surface area contributed by atoms with Crippen LogP contribution in [-0.2, 0) is 5.41 Å². The van der Waals surface area contributed by atoms with E-state index in [-0.39, 0.29) is 5.41 Å². The summed E-state index contributed by atoms with van der Waals surface area (Å²) in [5, 5.41) is 4.73. The number of nitrogens with zero attached hydrogens (tertiary/aromatic N) is 1. The molecule has 0 radical (unpaired) electrons. The molecule has 2 heteroatoms. The molecule has 9 rings (SSSR count). The van der Waals surface area contributed by atoms with Crippen LogP contribution in [0, 0.1) is 0 Å². The smallest absolute Gasteiger partial charge is 0.160 e. The first-order chi connectivity index (χ1) is 20.1. The zero-order valence-corrected chi connectivity index (χ0v) is 23.0. The third-order valence-corrected chi connectivity index (χ3v) is 9.20. The van der Waals surface area contributed by atoms with Crippen LogP contribution in [-0.4, -0.2) is 4.57 Å². The van der Waals surface area contributed by atoms with Crippen LogP contribution >= 0.6 is 0 Å². The van der Waals surface area contributed by atoms with E-state index in [1.165, 1.54) is 49.7 Å². The predicted molar refractivity (Wildman–Crippen MR) is 171 cm³/mol. The van der Waals surface area contributed by atoms with Gasteiger partial charge in [-0.25, -0.2) is 0 Å². The lowest BCUT2D eigenvalue weighted by atomic mass is 9.81. The molecule has 2 nitrogen and oxygen atoms in total. The van der Waals surface area contributed by atoms with E-state index in [1.54, 1.807) is 0 Å². The van der Waals surface area contributed by atoms with Gasteiger partial charge in [-0.05, 0) is 69.8 Å². The minimum absolute atomic E-state index is 0.0285. The highest BCUT2D eigenvalue weighted by Crippen LogP contribution is 2.49. The maximum Gasteiger partial charge on any atom is 0.160 e. The molecule has 0 spiro atoms. The monoisotopic (exact) mass is 525 g/mol. The third kappa shape index (κ3) is 3.02. The van der Waals surface area contributed by atoms with Gasteiger partial charge in [0.1, 0.15) is 5.58 Å². The van der Waals surface area contributed by atoms with E-state index >= 15 is 0 Å². The van der Waals surface area contributed by atoms with E-state index < -0.39 is 0 Å². The summed E-state index contributed by atoms with van der Waals surface area (Å²) >= 11 is 0. The minimum atomic E-state index is -0.0285. The lowest BCUT2D eigenvalue weighted by molar-refractivity contribution is 0.660. The van der Waals surface area contributed by atoms with Crippen LogP contribution in [0.5, 0.6) is 0 Å². The molecule has 0 unspecified atom stereocenters. The highest BCUT2D eigenvalue weighted by molar-refractivity contribution is 6.21. The van der Waals surface area contributed by atoms with Crippen LogP contribution in [0.25, 0.3) is 71.7 Å². The van der Waals surface area contributed by atoms with Gasteiger partial charge in [-0.3, -0.25) is 0 Å². The molecule has 1 aliphatic rings. The number of para-hydroxylation sites is 2. The molecule has 0 aliphatic heterocycles. The Bertz CT molecular complexity index is 2350. The fourth-order valence-corrected chi connectivity index (χ4v) is 7.21. The van der Waals surface area contributed by atoms with E-state index in [2.05, 4.69) is 140 Å². The molecular weight excluding hydrogens is 498 g/mol. The van der Waals surface area contributed by atoms with Crippen molar-refractivity contribution in [3.05, 3.63) is 139 Å². The highest BCUT2D eigenvalue weighted by Gasteiger charge is 2.35. The van der Waals surface area contributed by atoms with Crippen molar-refractivity contribution in [3.63, 3.8) is 0 Å². The molecule has 0 N–H and O–H groups in total. The highest BCUT2D eigenvalue weighted by atomic mass is 16.3. The van der Waals surface area contributed by atoms with Crippen molar-refractivity contribution >= 4 is 43.7 Å². The molecule has 2 aromatic heterocycles. The lowest BCUT2D eigenvalue weighted by Crippen LogP contribution is -2.14. The van der Waals surface area contributed by atoms with E-state index in [4.69, 9.17) is 4.42 Å². The summed E-state index contributed by atoms with van der Waals surface area (Å²) in [6, 6.07) is 46.2. The summed E-state index contributed by atoms with van der Waals surface area (Å²) in [7, 11) is 0. The van der Waals surface area contributed by atoms with Crippen molar-refractivity contribution in [2.45, 2.75) is 19.3 Å². The van der Waals surface area contributed by atoms with Gasteiger partial charge in [-0.2, -0.15) is 0 Å². The summed E-state index contributed by atoms with van der Waals surface area (Å²) in [5.41, 5.74) is 13.2. The molecule has 1 aliphatic carbocycles. The van der Waals surface area contributed by atoms with Crippen molar-refractivity contribution < 1.29 is 4.42 Å². The molecule has 8 aromatic rings. The summed E-state index contributed by atoms with van der Waals surface area (Å²) in [6.45, 7) is 4.68. The van der Waals surface area contributed by atoms with Crippen molar-refractivity contribution in [1.29, 1.82) is 0 Å². The Hall–Kier alpha value is -5.08. The van der Waals surface area contributed by atoms with Gasteiger partial charge in [0.15, 0.2) is 5.58 Å². The molecule has 0 saturated carbocycles. The molecule has 0 fully saturated rings. The average molecular weight is 526 g/mol. The summed E-state index contributed by atoms with van der Waals surface area (Å²) in [5.74, 6) is 0. The lowest BCUT2D eigenvalue weighted by Gasteiger charge is -2.22. The van der Waals surface area contributed by atoms with Crippen LogP contribution in [0.3, 0.4) is 0 Å². The second-order valence-electron chi connectivity index (χ2n) is 11.8. The number of hydrogen-bond acceptors (Lipinski definition) is 1. The summed E-state index contributed by atoms with van der Waals surface area (Å²) in [6.07, 6.45) is 0. The Balaban J connectivity index is 1.29. The van der Waals surface area contributed by atoms with E-state index in [1.807, 2.05) is 6.07 Å². The average Bonchev–Trinajstić information content (AvgIpc) is 3.63. The minimum Gasteiger partial charge on any atom is -0.454 e. The SMILES string of the molecule is CC1(C)c2ccccc2-c2ccc(-c3cccc(-n4c5ccccc5c5ccc6c7ccccc7oc6c54)c3)cc21. The van der Waals surface area contributed by atoms with Crippen molar-refractivity contribution in [2.75, 3.05) is 0 Å². The van der Waals surface area contributed by atoms with Gasteiger partial charge in [0, 0.05) is 32.6 Å². The van der Waals surface area contributed by atoms with Gasteiger partial charge in [0.25, 0.3) is 0 Å². The van der Waals surface area contributed by atoms with Crippen LogP contribution in [0.1, 0.15) is 25.0 Å². The first kappa shape index (κ1) is 22.7. The van der Waals surface area contributed by atoms with E-state index in [9.17, 15) is 0 Å². The zero-order valence-electron chi connectivity index (χ0n) is 23.0. The maximum atomic E-state index is 6.56. The van der Waals surface area contributed by atoms with Crippen molar-refractivity contribution in [2.24, 2.45) is 0 Å². The molecular formula is C39H27NO. The molecule has 0 bridgehead atoms. The molecule has 194 valence electrons. The van der Waals surface area contributed by atoms with E-state index in [0.717, 1.165) is 33.1 Å². The Morgan fingerprint density at radius 1 is 0.537 bits per heavy atom. The fraction of sp³-hybridized carbons (Fsp3) is 0.0769. The fourth-order valence-electron chi connectivity index (χ4n) is 7.21. The van der Waals surface area contributed by atoms with Crippen LogP contribution in [0.4, 0.5) is 0 Å². The van der Waals surface area contributed by atoms with Crippen LogP contribution < -0.4 is 0 Å². The van der Waals surface area contributed by atoms with Crippen molar-refractivity contribution in [3.8, 4) is 27.9 Å².